The second-order valence-corrected chi connectivity index (χ2v) is 12.9. The molecular weight excluding hydrogens is 633 g/mol. The summed E-state index contributed by atoms with van der Waals surface area (Å²) in [7, 11) is 0. The minimum atomic E-state index is 0.189. The van der Waals surface area contributed by atoms with Crippen LogP contribution in [0.1, 0.15) is 36.1 Å². The second-order valence-electron chi connectivity index (χ2n) is 12.9. The van der Waals surface area contributed by atoms with Gasteiger partial charge in [-0.25, -0.2) is 19.9 Å². The van der Waals surface area contributed by atoms with E-state index >= 15 is 0 Å². The normalized spacial score (nSPS) is 11.6. The summed E-state index contributed by atoms with van der Waals surface area (Å²) in [5.41, 5.74) is 10.3. The van der Waals surface area contributed by atoms with Gasteiger partial charge in [0.05, 0.1) is 22.1 Å². The number of aromatic nitrogens is 6. The van der Waals surface area contributed by atoms with Gasteiger partial charge >= 0.3 is 0 Å². The van der Waals surface area contributed by atoms with Crippen LogP contribution in [0.5, 0.6) is 11.5 Å². The van der Waals surface area contributed by atoms with Gasteiger partial charge in [0.1, 0.15) is 33.9 Å². The number of benzene rings is 4. The third-order valence-electron chi connectivity index (χ3n) is 9.69. The maximum atomic E-state index is 11.0. The predicted octanol–water partition coefficient (Wildman–Crippen LogP) is 9.32. The number of allylic oxidation sites excluding steroid dienone is 2. The molecule has 0 aliphatic carbocycles. The molecule has 0 spiro atoms. The molecule has 0 aliphatic heterocycles. The lowest BCUT2D eigenvalue weighted by Crippen LogP contribution is -1.99. The molecule has 2 N–H and O–H groups in total. The average Bonchev–Trinajstić information content (AvgIpc) is 3.71. The molecule has 0 saturated heterocycles. The van der Waals surface area contributed by atoms with Gasteiger partial charge in [-0.1, -0.05) is 60.7 Å². The Labute approximate surface area is 295 Å². The molecule has 51 heavy (non-hydrogen) atoms. The summed E-state index contributed by atoms with van der Waals surface area (Å²) in [6.07, 6.45) is 5.42. The van der Waals surface area contributed by atoms with Gasteiger partial charge in [0.2, 0.25) is 0 Å². The number of pyridine rings is 2. The van der Waals surface area contributed by atoms with Crippen LogP contribution < -0.4 is 0 Å². The number of phenolic OH excluding ortho intramolecular Hbond substituents is 2. The van der Waals surface area contributed by atoms with Gasteiger partial charge in [0, 0.05) is 23.9 Å². The van der Waals surface area contributed by atoms with Gasteiger partial charge in [0.25, 0.3) is 0 Å². The highest BCUT2D eigenvalue weighted by Crippen LogP contribution is 2.34. The maximum absolute atomic E-state index is 11.0. The van der Waals surface area contributed by atoms with E-state index < -0.39 is 0 Å². The van der Waals surface area contributed by atoms with Crippen LogP contribution in [0.3, 0.4) is 0 Å². The Kier molecular flexibility index (Phi) is 8.07. The SMILES string of the molecule is C=CCc1ccc2ccc(-c3nc4cc(Cc5ccc6c(c5)nc(-c5ccc7ccc(CC=C)c(O)c7n5)n6CC)ccc4n3CC)nc2c1O. The highest BCUT2D eigenvalue weighted by molar-refractivity contribution is 5.90. The number of phenols is 2. The summed E-state index contributed by atoms with van der Waals surface area (Å²) >= 11 is 0. The zero-order chi connectivity index (χ0) is 35.2. The molecule has 0 aliphatic rings. The van der Waals surface area contributed by atoms with Crippen molar-refractivity contribution in [3.8, 4) is 34.5 Å². The first kappa shape index (κ1) is 32.0. The van der Waals surface area contributed by atoms with Crippen molar-refractivity contribution in [2.75, 3.05) is 0 Å². The van der Waals surface area contributed by atoms with Crippen LogP contribution in [-0.4, -0.2) is 39.3 Å². The van der Waals surface area contributed by atoms with E-state index in [-0.39, 0.29) is 11.5 Å². The molecular formula is C43H38N6O2. The Hall–Kier alpha value is -6.28. The van der Waals surface area contributed by atoms with Crippen molar-refractivity contribution in [2.45, 2.75) is 46.2 Å². The molecule has 8 rings (SSSR count). The molecule has 0 amide bonds. The molecule has 8 aromatic rings. The third-order valence-corrected chi connectivity index (χ3v) is 9.69. The molecule has 0 saturated carbocycles. The fourth-order valence-corrected chi connectivity index (χ4v) is 7.16. The van der Waals surface area contributed by atoms with Crippen molar-refractivity contribution >= 4 is 43.9 Å². The highest BCUT2D eigenvalue weighted by atomic mass is 16.3. The van der Waals surface area contributed by atoms with Crippen LogP contribution in [-0.2, 0) is 32.4 Å². The fourth-order valence-electron chi connectivity index (χ4n) is 7.16. The van der Waals surface area contributed by atoms with Crippen molar-refractivity contribution < 1.29 is 10.2 Å². The van der Waals surface area contributed by atoms with Crippen LogP contribution >= 0.6 is 0 Å². The van der Waals surface area contributed by atoms with E-state index in [1.165, 1.54) is 0 Å². The number of imidazole rings is 2. The minimum absolute atomic E-state index is 0.189. The molecule has 4 aromatic heterocycles. The average molecular weight is 671 g/mol. The molecule has 0 unspecified atom stereocenters. The molecule has 4 heterocycles. The quantitative estimate of drug-likeness (QED) is 0.141. The zero-order valence-electron chi connectivity index (χ0n) is 28.8. The van der Waals surface area contributed by atoms with Crippen LogP contribution in [0.2, 0.25) is 0 Å². The summed E-state index contributed by atoms with van der Waals surface area (Å²) in [4.78, 5) is 19.9. The molecule has 0 bridgehead atoms. The van der Waals surface area contributed by atoms with E-state index in [9.17, 15) is 10.2 Å². The van der Waals surface area contributed by atoms with Crippen LogP contribution in [0.15, 0.2) is 110 Å². The lowest BCUT2D eigenvalue weighted by molar-refractivity contribution is 0.474. The van der Waals surface area contributed by atoms with Crippen LogP contribution in [0.4, 0.5) is 0 Å². The van der Waals surface area contributed by atoms with Crippen molar-refractivity contribution in [3.63, 3.8) is 0 Å². The first-order valence-corrected chi connectivity index (χ1v) is 17.3. The Morgan fingerprint density at radius 1 is 0.569 bits per heavy atom. The molecule has 0 fully saturated rings. The monoisotopic (exact) mass is 670 g/mol. The maximum Gasteiger partial charge on any atom is 0.159 e. The van der Waals surface area contributed by atoms with E-state index in [4.69, 9.17) is 19.9 Å². The fraction of sp³-hybridized carbons (Fsp3) is 0.163. The second kappa shape index (κ2) is 12.9. The molecule has 252 valence electrons. The van der Waals surface area contributed by atoms with E-state index in [1.54, 1.807) is 12.2 Å². The Balaban J connectivity index is 1.13. The van der Waals surface area contributed by atoms with E-state index in [2.05, 4.69) is 72.5 Å². The number of aryl methyl sites for hydroxylation is 2. The number of hydrogen-bond acceptors (Lipinski definition) is 6. The molecule has 0 radical (unpaired) electrons. The summed E-state index contributed by atoms with van der Waals surface area (Å²) in [5, 5.41) is 23.7. The summed E-state index contributed by atoms with van der Waals surface area (Å²) in [5.74, 6) is 1.92. The number of fused-ring (bicyclic) bond motifs is 4. The van der Waals surface area contributed by atoms with Crippen molar-refractivity contribution in [3.05, 3.63) is 132 Å². The summed E-state index contributed by atoms with van der Waals surface area (Å²) < 4.78 is 4.34. The number of aromatic hydroxyl groups is 2. The van der Waals surface area contributed by atoms with Gasteiger partial charge in [0.15, 0.2) is 11.6 Å². The summed E-state index contributed by atoms with van der Waals surface area (Å²) in [6, 6.07) is 28.6. The molecule has 0 atom stereocenters. The molecule has 4 aromatic carbocycles. The topological polar surface area (TPSA) is 102 Å². The Morgan fingerprint density at radius 3 is 1.41 bits per heavy atom. The van der Waals surface area contributed by atoms with E-state index in [0.717, 1.165) is 86.3 Å². The van der Waals surface area contributed by atoms with Crippen molar-refractivity contribution in [1.82, 2.24) is 29.1 Å². The standard InChI is InChI=1S/C43H38N6O2/c1-5-9-30-15-13-28-17-19-32(44-38(28)40(30)50)42-46-34-24-26(11-21-36(34)48(42)7-3)23-27-12-22-37-35(25-27)47-43(49(37)8-4)33-20-18-29-14-16-31(10-6-2)41(51)39(29)45-33/h5-6,11-22,24-25,50-51H,1-2,7-10,23H2,3-4H3. The number of rotatable bonds is 10. The minimum Gasteiger partial charge on any atom is -0.505 e. The van der Waals surface area contributed by atoms with Gasteiger partial charge in [-0.15, -0.1) is 13.2 Å². The zero-order valence-corrected chi connectivity index (χ0v) is 28.8. The van der Waals surface area contributed by atoms with Gasteiger partial charge in [-0.2, -0.15) is 0 Å². The van der Waals surface area contributed by atoms with Gasteiger partial charge < -0.3 is 19.3 Å². The predicted molar refractivity (Wildman–Crippen MR) is 206 cm³/mol. The van der Waals surface area contributed by atoms with Crippen molar-refractivity contribution in [2.24, 2.45) is 0 Å². The molecule has 8 nitrogen and oxygen atoms in total. The van der Waals surface area contributed by atoms with E-state index in [0.29, 0.717) is 35.3 Å². The number of nitrogens with zero attached hydrogens (tertiary/aromatic N) is 6. The third kappa shape index (κ3) is 5.49. The Morgan fingerprint density at radius 2 is 1.00 bits per heavy atom. The first-order chi connectivity index (χ1) is 24.9. The smallest absolute Gasteiger partial charge is 0.159 e. The lowest BCUT2D eigenvalue weighted by Gasteiger charge is -2.09. The van der Waals surface area contributed by atoms with Gasteiger partial charge in [-0.05, 0) is 91.8 Å². The number of hydrogen-bond donors (Lipinski definition) is 2. The van der Waals surface area contributed by atoms with Gasteiger partial charge in [-0.3, -0.25) is 0 Å². The first-order valence-electron chi connectivity index (χ1n) is 17.3. The van der Waals surface area contributed by atoms with Crippen LogP contribution in [0, 0.1) is 0 Å². The van der Waals surface area contributed by atoms with Crippen LogP contribution in [0.25, 0.3) is 66.9 Å². The van der Waals surface area contributed by atoms with Crippen molar-refractivity contribution in [1.29, 1.82) is 0 Å². The Bertz CT molecular complexity index is 2480. The van der Waals surface area contributed by atoms with E-state index in [1.807, 2.05) is 48.5 Å². The summed E-state index contributed by atoms with van der Waals surface area (Å²) in [6.45, 7) is 13.3. The highest BCUT2D eigenvalue weighted by Gasteiger charge is 2.18. The lowest BCUT2D eigenvalue weighted by atomic mass is 10.0. The largest absolute Gasteiger partial charge is 0.505 e. The molecule has 8 heteroatoms.